The van der Waals surface area contributed by atoms with Gasteiger partial charge in [-0.3, -0.25) is 19.2 Å². The highest BCUT2D eigenvalue weighted by molar-refractivity contribution is 7.98. The fourth-order valence-corrected chi connectivity index (χ4v) is 3.94. The first-order valence-corrected chi connectivity index (χ1v) is 14.1. The minimum atomic E-state index is -1.01. The van der Waals surface area contributed by atoms with E-state index in [-0.39, 0.29) is 30.4 Å². The van der Waals surface area contributed by atoms with E-state index in [2.05, 4.69) is 21.3 Å². The number of allylic oxidation sites excluding steroid dienone is 2. The van der Waals surface area contributed by atoms with Crippen molar-refractivity contribution in [1.82, 2.24) is 21.3 Å². The molecule has 37 heavy (non-hydrogen) atoms. The molecule has 0 aromatic carbocycles. The van der Waals surface area contributed by atoms with Crippen LogP contribution in [-0.4, -0.2) is 65.8 Å². The molecule has 10 nitrogen and oxygen atoms in total. The van der Waals surface area contributed by atoms with Gasteiger partial charge in [0, 0.05) is 0 Å². The normalized spacial score (nSPS) is 26.2. The third kappa shape index (κ3) is 10.6. The van der Waals surface area contributed by atoms with Gasteiger partial charge in [0.1, 0.15) is 29.9 Å². The standard InChI is InChI=1S/C26H42N4O6S/c1-8-18-23(32)27-19(9-2)24(33)30-22(16(5)6)26(35)36-17(12-10-11-13-37-7)14-20(31)29-21(15(3)4)25(34)28-18/h9-10,12,15-18,21-22H,8,11,13-14H2,1-7H3,(H,27,32)(H,28,34)(H,29,31)(H,30,33)/b12-10+,19-9-/t17-,18-,21-,22+/m1/s1. The molecule has 0 unspecified atom stereocenters. The zero-order valence-electron chi connectivity index (χ0n) is 22.9. The summed E-state index contributed by atoms with van der Waals surface area (Å²) in [5.74, 6) is -2.69. The molecule has 1 rings (SSSR count). The maximum Gasteiger partial charge on any atom is 0.329 e. The van der Waals surface area contributed by atoms with Gasteiger partial charge in [-0.05, 0) is 49.7 Å². The average molecular weight is 539 g/mol. The van der Waals surface area contributed by atoms with Crippen molar-refractivity contribution in [3.63, 3.8) is 0 Å². The summed E-state index contributed by atoms with van der Waals surface area (Å²) in [6, 6.07) is -2.85. The molecule has 1 aliphatic heterocycles. The fraction of sp³-hybridized carbons (Fsp3) is 0.654. The van der Waals surface area contributed by atoms with Gasteiger partial charge in [0.15, 0.2) is 0 Å². The molecule has 208 valence electrons. The van der Waals surface area contributed by atoms with Crippen LogP contribution >= 0.6 is 11.8 Å². The predicted octanol–water partition coefficient (Wildman–Crippen LogP) is 1.81. The van der Waals surface area contributed by atoms with Crippen LogP contribution < -0.4 is 21.3 Å². The van der Waals surface area contributed by atoms with Crippen molar-refractivity contribution in [3.05, 3.63) is 23.9 Å². The van der Waals surface area contributed by atoms with Crippen LogP contribution in [0.5, 0.6) is 0 Å². The number of carbonyl (C=O) groups excluding carboxylic acids is 5. The van der Waals surface area contributed by atoms with E-state index in [9.17, 15) is 24.0 Å². The van der Waals surface area contributed by atoms with Crippen LogP contribution in [0.4, 0.5) is 0 Å². The molecule has 1 aliphatic rings. The molecular formula is C26H42N4O6S. The molecule has 0 aliphatic carbocycles. The van der Waals surface area contributed by atoms with E-state index >= 15 is 0 Å². The summed E-state index contributed by atoms with van der Waals surface area (Å²) in [6.07, 6.45) is 6.79. The van der Waals surface area contributed by atoms with Crippen LogP contribution in [0.3, 0.4) is 0 Å². The van der Waals surface area contributed by atoms with Gasteiger partial charge in [-0.15, -0.1) is 0 Å². The van der Waals surface area contributed by atoms with Crippen molar-refractivity contribution in [2.45, 2.75) is 85.0 Å². The van der Waals surface area contributed by atoms with Crippen LogP contribution in [0.1, 0.15) is 60.8 Å². The molecule has 0 radical (unpaired) electrons. The lowest BCUT2D eigenvalue weighted by Gasteiger charge is -2.27. The highest BCUT2D eigenvalue weighted by Crippen LogP contribution is 2.12. The lowest BCUT2D eigenvalue weighted by molar-refractivity contribution is -0.153. The monoisotopic (exact) mass is 538 g/mol. The van der Waals surface area contributed by atoms with Crippen molar-refractivity contribution in [2.24, 2.45) is 11.8 Å². The highest BCUT2D eigenvalue weighted by Gasteiger charge is 2.33. The minimum absolute atomic E-state index is 0.0505. The van der Waals surface area contributed by atoms with Crippen molar-refractivity contribution in [3.8, 4) is 0 Å². The van der Waals surface area contributed by atoms with Gasteiger partial charge in [0.25, 0.3) is 5.91 Å². The number of amides is 4. The van der Waals surface area contributed by atoms with Gasteiger partial charge in [-0.2, -0.15) is 11.8 Å². The number of nitrogens with one attached hydrogen (secondary N) is 4. The van der Waals surface area contributed by atoms with Gasteiger partial charge in [-0.25, -0.2) is 4.79 Å². The highest BCUT2D eigenvalue weighted by atomic mass is 32.2. The van der Waals surface area contributed by atoms with Crippen molar-refractivity contribution >= 4 is 41.4 Å². The van der Waals surface area contributed by atoms with Gasteiger partial charge in [0.05, 0.1) is 6.42 Å². The third-order valence-corrected chi connectivity index (χ3v) is 6.44. The Bertz CT molecular complexity index is 886. The maximum atomic E-state index is 13.1. The molecule has 0 saturated carbocycles. The Balaban J connectivity index is 3.42. The second-order valence-electron chi connectivity index (χ2n) is 9.53. The molecule has 1 fully saturated rings. The maximum absolute atomic E-state index is 13.1. The van der Waals surface area contributed by atoms with E-state index < -0.39 is 53.8 Å². The van der Waals surface area contributed by atoms with E-state index in [1.54, 1.807) is 59.4 Å². The van der Waals surface area contributed by atoms with Crippen LogP contribution in [0.15, 0.2) is 23.9 Å². The molecule has 11 heteroatoms. The summed E-state index contributed by atoms with van der Waals surface area (Å²) in [5.41, 5.74) is -0.0505. The molecule has 0 aromatic rings. The number of carbonyl (C=O) groups is 5. The number of rotatable bonds is 7. The molecule has 4 N–H and O–H groups in total. The molecule has 1 saturated heterocycles. The number of ether oxygens (including phenoxy) is 1. The van der Waals surface area contributed by atoms with Crippen molar-refractivity contribution in [2.75, 3.05) is 12.0 Å². The molecule has 4 atom stereocenters. The Morgan fingerprint density at radius 3 is 2.16 bits per heavy atom. The number of cyclic esters (lactones) is 1. The number of hydrogen-bond donors (Lipinski definition) is 4. The smallest absolute Gasteiger partial charge is 0.329 e. The van der Waals surface area contributed by atoms with E-state index in [1.165, 1.54) is 6.08 Å². The minimum Gasteiger partial charge on any atom is -0.456 e. The van der Waals surface area contributed by atoms with Crippen molar-refractivity contribution in [1.29, 1.82) is 0 Å². The first-order valence-electron chi connectivity index (χ1n) is 12.7. The van der Waals surface area contributed by atoms with E-state index in [1.807, 2.05) is 12.3 Å². The first kappa shape index (κ1) is 32.2. The molecular weight excluding hydrogens is 496 g/mol. The summed E-state index contributed by atoms with van der Waals surface area (Å²) in [7, 11) is 0. The zero-order chi connectivity index (χ0) is 28.1. The largest absolute Gasteiger partial charge is 0.456 e. The Morgan fingerprint density at radius 1 is 0.973 bits per heavy atom. The van der Waals surface area contributed by atoms with Crippen LogP contribution in [0, 0.1) is 11.8 Å². The molecule has 0 spiro atoms. The van der Waals surface area contributed by atoms with Crippen LogP contribution in [-0.2, 0) is 28.7 Å². The SMILES string of the molecule is C/C=C1\NC(=O)[C@@H](CC)NC(=O)[C@@H](C(C)C)NC(=O)C[C@@H](/C=C/CCSC)OC(=O)[C@H](C(C)C)NC1=O. The summed E-state index contributed by atoms with van der Waals surface area (Å²) >= 11 is 1.66. The second-order valence-corrected chi connectivity index (χ2v) is 10.5. The van der Waals surface area contributed by atoms with Crippen molar-refractivity contribution < 1.29 is 28.7 Å². The van der Waals surface area contributed by atoms with E-state index in [0.717, 1.165) is 12.2 Å². The lowest BCUT2D eigenvalue weighted by Crippen LogP contribution is -2.56. The third-order valence-electron chi connectivity index (χ3n) is 5.80. The van der Waals surface area contributed by atoms with Gasteiger partial charge >= 0.3 is 5.97 Å². The van der Waals surface area contributed by atoms with Crippen LogP contribution in [0.25, 0.3) is 0 Å². The second kappa shape index (κ2) is 16.1. The van der Waals surface area contributed by atoms with Crippen LogP contribution in [0.2, 0.25) is 0 Å². The molecule has 1 heterocycles. The molecule has 0 aromatic heterocycles. The number of hydrogen-bond acceptors (Lipinski definition) is 7. The Labute approximate surface area is 224 Å². The molecule has 4 amide bonds. The number of esters is 1. The predicted molar refractivity (Wildman–Crippen MR) is 144 cm³/mol. The summed E-state index contributed by atoms with van der Waals surface area (Å²) in [5, 5.41) is 10.6. The first-order chi connectivity index (χ1) is 17.4. The quantitative estimate of drug-likeness (QED) is 0.168. The Hall–Kier alpha value is -2.82. The lowest BCUT2D eigenvalue weighted by atomic mass is 10.0. The van der Waals surface area contributed by atoms with Gasteiger partial charge < -0.3 is 26.0 Å². The number of thioether (sulfide) groups is 1. The summed E-state index contributed by atoms with van der Waals surface area (Å²) in [6.45, 7) is 10.4. The summed E-state index contributed by atoms with van der Waals surface area (Å²) < 4.78 is 5.66. The topological polar surface area (TPSA) is 143 Å². The average Bonchev–Trinajstić information content (AvgIpc) is 2.83. The van der Waals surface area contributed by atoms with E-state index in [0.29, 0.717) is 0 Å². The fourth-order valence-electron chi connectivity index (χ4n) is 3.57. The van der Waals surface area contributed by atoms with E-state index in [4.69, 9.17) is 4.74 Å². The molecule has 0 bridgehead atoms. The van der Waals surface area contributed by atoms with Gasteiger partial charge in [0.2, 0.25) is 17.7 Å². The zero-order valence-corrected chi connectivity index (χ0v) is 23.7. The Morgan fingerprint density at radius 2 is 1.62 bits per heavy atom. The Kier molecular flexibility index (Phi) is 14.0. The van der Waals surface area contributed by atoms with Gasteiger partial charge in [-0.1, -0.05) is 46.8 Å². The summed E-state index contributed by atoms with van der Waals surface area (Å²) in [4.78, 5) is 64.9.